The fourth-order valence-corrected chi connectivity index (χ4v) is 4.07. The van der Waals surface area contributed by atoms with Crippen LogP contribution in [0, 0.1) is 0 Å². The second-order valence-corrected chi connectivity index (χ2v) is 8.84. The van der Waals surface area contributed by atoms with Crippen molar-refractivity contribution in [1.29, 1.82) is 0 Å². The van der Waals surface area contributed by atoms with E-state index in [9.17, 15) is 13.2 Å². The van der Waals surface area contributed by atoms with E-state index in [1.807, 2.05) is 0 Å². The Labute approximate surface area is 136 Å². The van der Waals surface area contributed by atoms with Gasteiger partial charge in [-0.25, -0.2) is 8.42 Å². The Hall–Kier alpha value is -1.70. The van der Waals surface area contributed by atoms with Crippen LogP contribution in [0.4, 0.5) is 5.82 Å². The van der Waals surface area contributed by atoms with Crippen LogP contribution in [0.3, 0.4) is 0 Å². The smallest absolute Gasteiger partial charge is 0.272 e. The van der Waals surface area contributed by atoms with E-state index >= 15 is 0 Å². The number of hydrogen-bond acceptors (Lipinski definition) is 6. The molecule has 0 unspecified atom stereocenters. The van der Waals surface area contributed by atoms with Crippen LogP contribution in [0.2, 0.25) is 0 Å². The van der Waals surface area contributed by atoms with Gasteiger partial charge in [-0.2, -0.15) is 0 Å². The van der Waals surface area contributed by atoms with Crippen molar-refractivity contribution in [3.05, 3.63) is 17.8 Å². The molecular weight excluding hydrogens is 316 g/mol. The van der Waals surface area contributed by atoms with Crippen LogP contribution in [0.15, 0.2) is 12.1 Å². The predicted octanol–water partition coefficient (Wildman–Crippen LogP) is 1.14. The maximum Gasteiger partial charge on any atom is 0.272 e. The molecule has 0 bridgehead atoms. The van der Waals surface area contributed by atoms with E-state index in [1.165, 1.54) is 6.26 Å². The summed E-state index contributed by atoms with van der Waals surface area (Å²) in [6.45, 7) is 0. The van der Waals surface area contributed by atoms with Crippen LogP contribution in [0.1, 0.15) is 49.0 Å². The molecule has 2 atom stereocenters. The molecule has 2 N–H and O–H groups in total. The summed E-state index contributed by atoms with van der Waals surface area (Å²) >= 11 is 0. The van der Waals surface area contributed by atoms with E-state index in [0.717, 1.165) is 32.1 Å². The summed E-state index contributed by atoms with van der Waals surface area (Å²) in [5.74, 6) is 0.383. The fraction of sp³-hybridized carbons (Fsp3) is 0.667. The summed E-state index contributed by atoms with van der Waals surface area (Å²) in [7, 11) is -3.00. The molecule has 2 aliphatic carbocycles. The van der Waals surface area contributed by atoms with Gasteiger partial charge in [-0.3, -0.25) is 4.79 Å². The lowest BCUT2D eigenvalue weighted by atomic mass is 9.95. The quantitative estimate of drug-likeness (QED) is 0.835. The van der Waals surface area contributed by atoms with Gasteiger partial charge in [-0.15, -0.1) is 10.2 Å². The molecule has 2 saturated carbocycles. The van der Waals surface area contributed by atoms with Crippen molar-refractivity contribution in [2.75, 3.05) is 11.6 Å². The first-order chi connectivity index (χ1) is 10.9. The second kappa shape index (κ2) is 6.43. The molecule has 0 saturated heterocycles. The molecule has 1 aromatic heterocycles. The minimum atomic E-state index is -3.00. The van der Waals surface area contributed by atoms with Crippen molar-refractivity contribution in [3.8, 4) is 0 Å². The average Bonchev–Trinajstić information content (AvgIpc) is 3.31. The monoisotopic (exact) mass is 338 g/mol. The third kappa shape index (κ3) is 4.40. The van der Waals surface area contributed by atoms with Crippen molar-refractivity contribution in [2.24, 2.45) is 0 Å². The number of carbonyl (C=O) groups is 1. The highest BCUT2D eigenvalue weighted by atomic mass is 32.2. The normalized spacial score (nSPS) is 24.9. The molecule has 0 aromatic carbocycles. The summed E-state index contributed by atoms with van der Waals surface area (Å²) in [4.78, 5) is 11.8. The fourth-order valence-electron chi connectivity index (χ4n) is 2.89. The topological polar surface area (TPSA) is 101 Å². The molecule has 8 heteroatoms. The van der Waals surface area contributed by atoms with E-state index in [4.69, 9.17) is 0 Å². The van der Waals surface area contributed by atoms with Gasteiger partial charge >= 0.3 is 0 Å². The van der Waals surface area contributed by atoms with Crippen LogP contribution in [-0.4, -0.2) is 48.1 Å². The Morgan fingerprint density at radius 2 is 1.91 bits per heavy atom. The largest absolute Gasteiger partial charge is 0.366 e. The average molecular weight is 338 g/mol. The van der Waals surface area contributed by atoms with Gasteiger partial charge in [0, 0.05) is 18.3 Å². The summed E-state index contributed by atoms with van der Waals surface area (Å²) in [5.41, 5.74) is 0.306. The van der Waals surface area contributed by atoms with Crippen molar-refractivity contribution in [2.45, 2.75) is 55.9 Å². The molecule has 0 spiro atoms. The number of sulfone groups is 1. The zero-order valence-electron chi connectivity index (χ0n) is 13.2. The van der Waals surface area contributed by atoms with Gasteiger partial charge in [-0.1, -0.05) is 6.42 Å². The zero-order valence-corrected chi connectivity index (χ0v) is 14.0. The molecule has 2 fully saturated rings. The van der Waals surface area contributed by atoms with E-state index in [2.05, 4.69) is 20.8 Å². The highest BCUT2D eigenvalue weighted by Crippen LogP contribution is 2.26. The number of nitrogens with zero attached hydrogens (tertiary/aromatic N) is 2. The first-order valence-corrected chi connectivity index (χ1v) is 9.97. The molecule has 1 heterocycles. The number of nitrogens with one attached hydrogen (secondary N) is 2. The van der Waals surface area contributed by atoms with Gasteiger partial charge in [0.05, 0.1) is 5.25 Å². The first kappa shape index (κ1) is 16.2. The number of rotatable bonds is 5. The van der Waals surface area contributed by atoms with Crippen molar-refractivity contribution >= 4 is 21.6 Å². The SMILES string of the molecule is CS(=O)(=O)[C@H]1CCC[C@@H](Nc2ccc(C(=O)NC3CC3)nn2)C1. The first-order valence-electron chi connectivity index (χ1n) is 8.02. The number of aromatic nitrogens is 2. The van der Waals surface area contributed by atoms with Gasteiger partial charge in [-0.05, 0) is 44.2 Å². The van der Waals surface area contributed by atoms with Crippen LogP contribution < -0.4 is 10.6 Å². The lowest BCUT2D eigenvalue weighted by Gasteiger charge is -2.28. The molecule has 7 nitrogen and oxygen atoms in total. The van der Waals surface area contributed by atoms with E-state index in [1.54, 1.807) is 12.1 Å². The van der Waals surface area contributed by atoms with Crippen LogP contribution in [0.5, 0.6) is 0 Å². The molecule has 23 heavy (non-hydrogen) atoms. The molecule has 0 radical (unpaired) electrons. The molecule has 1 amide bonds. The summed E-state index contributed by atoms with van der Waals surface area (Å²) in [5, 5.41) is 13.8. The Morgan fingerprint density at radius 1 is 1.13 bits per heavy atom. The predicted molar refractivity (Wildman–Crippen MR) is 87.0 cm³/mol. The Morgan fingerprint density at radius 3 is 2.52 bits per heavy atom. The Bertz CT molecular complexity index is 670. The minimum Gasteiger partial charge on any atom is -0.366 e. The molecule has 2 aliphatic rings. The van der Waals surface area contributed by atoms with Gasteiger partial charge < -0.3 is 10.6 Å². The number of anilines is 1. The Kier molecular flexibility index (Phi) is 4.52. The van der Waals surface area contributed by atoms with E-state index < -0.39 is 9.84 Å². The van der Waals surface area contributed by atoms with Crippen molar-refractivity contribution < 1.29 is 13.2 Å². The van der Waals surface area contributed by atoms with Crippen molar-refractivity contribution in [3.63, 3.8) is 0 Å². The lowest BCUT2D eigenvalue weighted by Crippen LogP contribution is -2.34. The number of amides is 1. The number of carbonyl (C=O) groups excluding carboxylic acids is 1. The minimum absolute atomic E-state index is 0.0731. The van der Waals surface area contributed by atoms with Crippen LogP contribution in [0.25, 0.3) is 0 Å². The number of hydrogen-bond donors (Lipinski definition) is 2. The highest BCUT2D eigenvalue weighted by molar-refractivity contribution is 7.91. The second-order valence-electron chi connectivity index (χ2n) is 6.51. The van der Waals surface area contributed by atoms with Crippen molar-refractivity contribution in [1.82, 2.24) is 15.5 Å². The molecule has 0 aliphatic heterocycles. The summed E-state index contributed by atoms with van der Waals surface area (Å²) in [6.07, 6.45) is 6.47. The van der Waals surface area contributed by atoms with Gasteiger partial charge in [0.15, 0.2) is 5.69 Å². The molecular formula is C15H22N4O3S. The zero-order chi connectivity index (χ0) is 16.4. The summed E-state index contributed by atoms with van der Waals surface area (Å²) in [6, 6.07) is 3.73. The summed E-state index contributed by atoms with van der Waals surface area (Å²) < 4.78 is 23.4. The van der Waals surface area contributed by atoms with E-state index in [0.29, 0.717) is 17.9 Å². The maximum absolute atomic E-state index is 11.8. The van der Waals surface area contributed by atoms with Gasteiger partial charge in [0.1, 0.15) is 15.7 Å². The van der Waals surface area contributed by atoms with Gasteiger partial charge in [0.2, 0.25) is 0 Å². The third-order valence-corrected chi connectivity index (χ3v) is 6.03. The lowest BCUT2D eigenvalue weighted by molar-refractivity contribution is 0.0945. The molecule has 3 rings (SSSR count). The third-order valence-electron chi connectivity index (χ3n) is 4.39. The molecule has 126 valence electrons. The van der Waals surface area contributed by atoms with Crippen LogP contribution >= 0.6 is 0 Å². The van der Waals surface area contributed by atoms with E-state index in [-0.39, 0.29) is 23.2 Å². The highest BCUT2D eigenvalue weighted by Gasteiger charge is 2.29. The Balaban J connectivity index is 1.58. The van der Waals surface area contributed by atoms with Gasteiger partial charge in [0.25, 0.3) is 5.91 Å². The molecule has 1 aromatic rings. The maximum atomic E-state index is 11.8. The van der Waals surface area contributed by atoms with Crippen LogP contribution in [-0.2, 0) is 9.84 Å². The standard InChI is InChI=1S/C15H22N4O3S/c1-23(21,22)12-4-2-3-11(9-12)16-14-8-7-13(18-19-14)15(20)17-10-5-6-10/h7-8,10-12H,2-6,9H2,1H3,(H,16,19)(H,17,20)/t11-,12+/m1/s1.